The van der Waals surface area contributed by atoms with Crippen molar-refractivity contribution in [2.75, 3.05) is 0 Å². The van der Waals surface area contributed by atoms with Crippen molar-refractivity contribution in [3.05, 3.63) is 53.6 Å². The lowest BCUT2D eigenvalue weighted by Gasteiger charge is -2.33. The first-order valence-corrected chi connectivity index (χ1v) is 6.95. The van der Waals surface area contributed by atoms with Gasteiger partial charge in [0.05, 0.1) is 0 Å². The molecule has 104 valence electrons. The van der Waals surface area contributed by atoms with Crippen molar-refractivity contribution >= 4 is 0 Å². The van der Waals surface area contributed by atoms with Crippen LogP contribution in [0.1, 0.15) is 30.4 Å². The number of fused-ring (bicyclic) bond motifs is 1. The number of hydrogen-bond donors (Lipinski definition) is 2. The zero-order chi connectivity index (χ0) is 14.1. The first-order valence-electron chi connectivity index (χ1n) is 6.95. The van der Waals surface area contributed by atoms with Crippen LogP contribution in [0.2, 0.25) is 0 Å². The maximum absolute atomic E-state index is 9.55. The smallest absolute Gasteiger partial charge is 0.126 e. The zero-order valence-electron chi connectivity index (χ0n) is 11.4. The highest BCUT2D eigenvalue weighted by molar-refractivity contribution is 5.44. The van der Waals surface area contributed by atoms with Crippen LogP contribution in [0.25, 0.3) is 0 Å². The van der Waals surface area contributed by atoms with E-state index in [1.807, 2.05) is 18.2 Å². The highest BCUT2D eigenvalue weighted by Gasteiger charge is 2.30. The summed E-state index contributed by atoms with van der Waals surface area (Å²) in [4.78, 5) is 0. The summed E-state index contributed by atoms with van der Waals surface area (Å²) in [5, 5.41) is 19.0. The quantitative estimate of drug-likeness (QED) is 0.876. The lowest BCUT2D eigenvalue weighted by Crippen LogP contribution is -2.30. The Hall–Kier alpha value is -2.16. The van der Waals surface area contributed by atoms with Gasteiger partial charge in [0, 0.05) is 12.0 Å². The van der Waals surface area contributed by atoms with E-state index in [-0.39, 0.29) is 23.5 Å². The summed E-state index contributed by atoms with van der Waals surface area (Å²) in [6.45, 7) is 2.10. The molecule has 2 unspecified atom stereocenters. The molecule has 3 heteroatoms. The Kier molecular flexibility index (Phi) is 3.26. The highest BCUT2D eigenvalue weighted by Crippen LogP contribution is 2.39. The molecule has 1 aliphatic heterocycles. The minimum atomic E-state index is 0.0915. The van der Waals surface area contributed by atoms with Gasteiger partial charge in [-0.1, -0.05) is 25.1 Å². The molecule has 0 aliphatic carbocycles. The fourth-order valence-corrected chi connectivity index (χ4v) is 2.86. The predicted octanol–water partition coefficient (Wildman–Crippen LogP) is 3.60. The van der Waals surface area contributed by atoms with Crippen LogP contribution in [0.4, 0.5) is 0 Å². The van der Waals surface area contributed by atoms with Crippen LogP contribution in [0.3, 0.4) is 0 Å². The molecule has 1 aliphatic rings. The number of rotatable bonds is 2. The van der Waals surface area contributed by atoms with Crippen LogP contribution >= 0.6 is 0 Å². The molecule has 20 heavy (non-hydrogen) atoms. The van der Waals surface area contributed by atoms with Crippen LogP contribution in [0, 0.1) is 0 Å². The number of benzene rings is 2. The van der Waals surface area contributed by atoms with Gasteiger partial charge in [-0.2, -0.15) is 0 Å². The molecule has 3 rings (SSSR count). The van der Waals surface area contributed by atoms with E-state index in [0.717, 1.165) is 24.2 Å². The topological polar surface area (TPSA) is 49.7 Å². The molecule has 2 atom stereocenters. The molecule has 3 nitrogen and oxygen atoms in total. The van der Waals surface area contributed by atoms with Crippen molar-refractivity contribution in [2.45, 2.75) is 31.8 Å². The molecular formula is C17H18O3. The minimum Gasteiger partial charge on any atom is -0.508 e. The number of ether oxygens (including phenoxy) is 1. The van der Waals surface area contributed by atoms with E-state index < -0.39 is 0 Å². The van der Waals surface area contributed by atoms with Crippen molar-refractivity contribution in [3.8, 4) is 17.2 Å². The van der Waals surface area contributed by atoms with Crippen LogP contribution in [-0.4, -0.2) is 16.3 Å². The van der Waals surface area contributed by atoms with Crippen LogP contribution in [0.5, 0.6) is 17.2 Å². The molecule has 2 aromatic carbocycles. The monoisotopic (exact) mass is 270 g/mol. The molecule has 0 amide bonds. The first-order chi connectivity index (χ1) is 9.67. The number of phenols is 2. The van der Waals surface area contributed by atoms with Gasteiger partial charge < -0.3 is 14.9 Å². The van der Waals surface area contributed by atoms with Gasteiger partial charge in [-0.25, -0.2) is 0 Å². The van der Waals surface area contributed by atoms with Crippen LogP contribution in [0.15, 0.2) is 42.5 Å². The lowest BCUT2D eigenvalue weighted by molar-refractivity contribution is 0.145. The predicted molar refractivity (Wildman–Crippen MR) is 77.4 cm³/mol. The molecule has 0 radical (unpaired) electrons. The molecule has 0 fully saturated rings. The molecule has 0 bridgehead atoms. The summed E-state index contributed by atoms with van der Waals surface area (Å²) in [5.74, 6) is 1.58. The highest BCUT2D eigenvalue weighted by atomic mass is 16.5. The van der Waals surface area contributed by atoms with Crippen molar-refractivity contribution in [1.29, 1.82) is 0 Å². The molecule has 2 N–H and O–H groups in total. The van der Waals surface area contributed by atoms with E-state index in [2.05, 4.69) is 6.92 Å². The van der Waals surface area contributed by atoms with Crippen molar-refractivity contribution in [1.82, 2.24) is 0 Å². The van der Waals surface area contributed by atoms with Gasteiger partial charge in [0.25, 0.3) is 0 Å². The van der Waals surface area contributed by atoms with E-state index in [1.54, 1.807) is 24.3 Å². The van der Waals surface area contributed by atoms with Crippen LogP contribution in [-0.2, 0) is 6.42 Å². The van der Waals surface area contributed by atoms with Crippen molar-refractivity contribution < 1.29 is 14.9 Å². The Morgan fingerprint density at radius 1 is 1.05 bits per heavy atom. The zero-order valence-corrected chi connectivity index (χ0v) is 11.4. The molecule has 0 saturated carbocycles. The number of phenolic OH excluding ortho intramolecular Hbond substituents is 2. The van der Waals surface area contributed by atoms with E-state index in [4.69, 9.17) is 4.74 Å². The molecule has 0 aromatic heterocycles. The Morgan fingerprint density at radius 2 is 1.75 bits per heavy atom. The maximum atomic E-state index is 9.55. The SMILES string of the molecule is CCC1Oc2cc(O)ccc2CC1c1ccc(O)cc1. The number of aromatic hydroxyl groups is 2. The van der Waals surface area contributed by atoms with E-state index >= 15 is 0 Å². The Balaban J connectivity index is 1.95. The summed E-state index contributed by atoms with van der Waals surface area (Å²) in [7, 11) is 0. The fraction of sp³-hybridized carbons (Fsp3) is 0.294. The standard InChI is InChI=1S/C17H18O3/c1-2-16-15(11-3-6-13(18)7-4-11)9-12-5-8-14(19)10-17(12)20-16/h3-8,10,15-16,18-19H,2,9H2,1H3. The third kappa shape index (κ3) is 2.31. The number of hydrogen-bond acceptors (Lipinski definition) is 3. The summed E-state index contributed by atoms with van der Waals surface area (Å²) >= 11 is 0. The fourth-order valence-electron chi connectivity index (χ4n) is 2.86. The molecule has 0 spiro atoms. The van der Waals surface area contributed by atoms with Crippen molar-refractivity contribution in [2.24, 2.45) is 0 Å². The van der Waals surface area contributed by atoms with E-state index in [1.165, 1.54) is 5.56 Å². The average Bonchev–Trinajstić information content (AvgIpc) is 2.46. The summed E-state index contributed by atoms with van der Waals surface area (Å²) in [6, 6.07) is 12.6. The lowest BCUT2D eigenvalue weighted by atomic mass is 9.84. The van der Waals surface area contributed by atoms with Crippen LogP contribution < -0.4 is 4.74 Å². The summed E-state index contributed by atoms with van der Waals surface area (Å²) < 4.78 is 6.04. The second-order valence-corrected chi connectivity index (χ2v) is 5.26. The van der Waals surface area contributed by atoms with Gasteiger partial charge in [0.15, 0.2) is 0 Å². The Morgan fingerprint density at radius 3 is 2.45 bits per heavy atom. The Bertz CT molecular complexity index is 604. The maximum Gasteiger partial charge on any atom is 0.126 e. The molecule has 0 saturated heterocycles. The Labute approximate surface area is 118 Å². The normalized spacial score (nSPS) is 21.1. The van der Waals surface area contributed by atoms with Gasteiger partial charge in [-0.15, -0.1) is 0 Å². The summed E-state index contributed by atoms with van der Waals surface area (Å²) in [6.07, 6.45) is 1.88. The van der Waals surface area contributed by atoms with Crippen molar-refractivity contribution in [3.63, 3.8) is 0 Å². The first kappa shape index (κ1) is 12.9. The van der Waals surface area contributed by atoms with Gasteiger partial charge in [0.2, 0.25) is 0 Å². The second-order valence-electron chi connectivity index (χ2n) is 5.26. The minimum absolute atomic E-state index is 0.0915. The largest absolute Gasteiger partial charge is 0.508 e. The molecular weight excluding hydrogens is 252 g/mol. The third-order valence-corrected chi connectivity index (χ3v) is 3.94. The van der Waals surface area contributed by atoms with Gasteiger partial charge in [0.1, 0.15) is 23.4 Å². The van der Waals surface area contributed by atoms with E-state index in [9.17, 15) is 10.2 Å². The van der Waals surface area contributed by atoms with Gasteiger partial charge in [-0.05, 0) is 42.2 Å². The third-order valence-electron chi connectivity index (χ3n) is 3.94. The molecule has 2 aromatic rings. The van der Waals surface area contributed by atoms with E-state index in [0.29, 0.717) is 0 Å². The molecule has 1 heterocycles. The average molecular weight is 270 g/mol. The van der Waals surface area contributed by atoms with Gasteiger partial charge >= 0.3 is 0 Å². The second kappa shape index (κ2) is 5.08. The van der Waals surface area contributed by atoms with Gasteiger partial charge in [-0.3, -0.25) is 0 Å². The summed E-state index contributed by atoms with van der Waals surface area (Å²) in [5.41, 5.74) is 2.29.